The second-order valence-electron chi connectivity index (χ2n) is 5.34. The molecule has 2 aromatic carbocycles. The molecule has 3 heteroatoms. The molecule has 0 aliphatic rings. The number of fused-ring (bicyclic) bond motifs is 1. The van der Waals surface area contributed by atoms with Crippen molar-refractivity contribution in [1.29, 1.82) is 0 Å². The lowest BCUT2D eigenvalue weighted by molar-refractivity contribution is 0.103. The molecule has 0 unspecified atom stereocenters. The highest BCUT2D eigenvalue weighted by atomic mass is 19.1. The maximum Gasteiger partial charge on any atom is 0.210 e. The van der Waals surface area contributed by atoms with Gasteiger partial charge in [-0.1, -0.05) is 24.3 Å². The minimum atomic E-state index is -0.308. The molecule has 0 aliphatic carbocycles. The average molecular weight is 281 g/mol. The van der Waals surface area contributed by atoms with Gasteiger partial charge in [-0.15, -0.1) is 0 Å². The molecule has 3 rings (SSSR count). The Bertz CT molecular complexity index is 861. The smallest absolute Gasteiger partial charge is 0.210 e. The number of aromatic amines is 1. The first-order valence-corrected chi connectivity index (χ1v) is 6.88. The monoisotopic (exact) mass is 281 g/mol. The molecule has 0 saturated heterocycles. The van der Waals surface area contributed by atoms with E-state index in [1.54, 1.807) is 24.3 Å². The van der Waals surface area contributed by atoms with E-state index in [4.69, 9.17) is 0 Å². The first-order chi connectivity index (χ1) is 10.0. The van der Waals surface area contributed by atoms with Crippen LogP contribution >= 0.6 is 0 Å². The van der Waals surface area contributed by atoms with Crippen LogP contribution in [0.5, 0.6) is 0 Å². The predicted octanol–water partition coefficient (Wildman–Crippen LogP) is 4.46. The summed E-state index contributed by atoms with van der Waals surface area (Å²) in [5.41, 5.74) is 4.14. The molecule has 1 N–H and O–H groups in total. The number of carbonyl (C=O) groups excluding carboxylic acids is 1. The van der Waals surface area contributed by atoms with E-state index in [1.807, 2.05) is 26.8 Å². The number of carbonyl (C=O) groups is 1. The van der Waals surface area contributed by atoms with Crippen LogP contribution in [0.4, 0.5) is 4.39 Å². The summed E-state index contributed by atoms with van der Waals surface area (Å²) in [7, 11) is 0. The van der Waals surface area contributed by atoms with Crippen LogP contribution in [0.1, 0.15) is 32.9 Å². The van der Waals surface area contributed by atoms with E-state index in [0.717, 1.165) is 16.8 Å². The summed E-state index contributed by atoms with van der Waals surface area (Å²) >= 11 is 0. The van der Waals surface area contributed by atoms with Crippen molar-refractivity contribution in [2.45, 2.75) is 20.8 Å². The van der Waals surface area contributed by atoms with Gasteiger partial charge in [-0.25, -0.2) is 4.39 Å². The Morgan fingerprint density at radius 3 is 2.24 bits per heavy atom. The summed E-state index contributed by atoms with van der Waals surface area (Å²) in [5.74, 6) is -0.405. The van der Waals surface area contributed by atoms with Gasteiger partial charge in [0, 0.05) is 16.6 Å². The molecule has 1 heterocycles. The third-order valence-electron chi connectivity index (χ3n) is 4.16. The van der Waals surface area contributed by atoms with E-state index in [1.165, 1.54) is 6.07 Å². The van der Waals surface area contributed by atoms with Gasteiger partial charge in [0.05, 0.1) is 5.69 Å². The third kappa shape index (κ3) is 2.05. The second kappa shape index (κ2) is 4.85. The SMILES string of the molecule is Cc1[nH]c(C(=O)c2ccc(F)c3ccccc23)c(C)c1C. The lowest BCUT2D eigenvalue weighted by atomic mass is 9.98. The number of nitrogens with one attached hydrogen (secondary N) is 1. The molecular formula is C18H16FNO. The summed E-state index contributed by atoms with van der Waals surface area (Å²) in [4.78, 5) is 16.0. The van der Waals surface area contributed by atoms with Gasteiger partial charge in [-0.2, -0.15) is 0 Å². The van der Waals surface area contributed by atoms with E-state index in [2.05, 4.69) is 4.98 Å². The molecule has 0 atom stereocenters. The van der Waals surface area contributed by atoms with Crippen LogP contribution < -0.4 is 0 Å². The van der Waals surface area contributed by atoms with Gasteiger partial charge in [0.15, 0.2) is 0 Å². The van der Waals surface area contributed by atoms with Gasteiger partial charge in [-0.3, -0.25) is 4.79 Å². The Morgan fingerprint density at radius 2 is 1.62 bits per heavy atom. The zero-order chi connectivity index (χ0) is 15.1. The van der Waals surface area contributed by atoms with E-state index in [0.29, 0.717) is 22.0 Å². The number of ketones is 1. The molecule has 0 saturated carbocycles. The minimum Gasteiger partial charge on any atom is -0.356 e. The van der Waals surface area contributed by atoms with Gasteiger partial charge >= 0.3 is 0 Å². The number of aryl methyl sites for hydroxylation is 1. The van der Waals surface area contributed by atoms with Crippen molar-refractivity contribution in [2.75, 3.05) is 0 Å². The van der Waals surface area contributed by atoms with Crippen LogP contribution in [0.3, 0.4) is 0 Å². The highest BCUT2D eigenvalue weighted by Crippen LogP contribution is 2.26. The van der Waals surface area contributed by atoms with E-state index >= 15 is 0 Å². The zero-order valence-corrected chi connectivity index (χ0v) is 12.3. The Kier molecular flexibility index (Phi) is 3.13. The molecule has 2 nitrogen and oxygen atoms in total. The number of halogens is 1. The number of hydrogen-bond acceptors (Lipinski definition) is 1. The molecule has 0 aliphatic heterocycles. The third-order valence-corrected chi connectivity index (χ3v) is 4.16. The van der Waals surface area contributed by atoms with Crippen LogP contribution in [0.15, 0.2) is 36.4 Å². The van der Waals surface area contributed by atoms with Crippen molar-refractivity contribution in [2.24, 2.45) is 0 Å². The van der Waals surface area contributed by atoms with Crippen LogP contribution in [0.2, 0.25) is 0 Å². The number of benzene rings is 2. The molecule has 21 heavy (non-hydrogen) atoms. The topological polar surface area (TPSA) is 32.9 Å². The van der Waals surface area contributed by atoms with E-state index in [9.17, 15) is 9.18 Å². The lowest BCUT2D eigenvalue weighted by Crippen LogP contribution is -2.05. The van der Waals surface area contributed by atoms with Crippen molar-refractivity contribution >= 4 is 16.6 Å². The van der Waals surface area contributed by atoms with Gasteiger partial charge in [0.2, 0.25) is 5.78 Å². The second-order valence-corrected chi connectivity index (χ2v) is 5.34. The van der Waals surface area contributed by atoms with Crippen molar-refractivity contribution in [3.8, 4) is 0 Å². The Hall–Kier alpha value is -2.42. The van der Waals surface area contributed by atoms with Crippen molar-refractivity contribution in [3.05, 3.63) is 70.3 Å². The van der Waals surface area contributed by atoms with Crippen molar-refractivity contribution in [1.82, 2.24) is 4.98 Å². The number of aromatic nitrogens is 1. The maximum atomic E-state index is 13.9. The first-order valence-electron chi connectivity index (χ1n) is 6.88. The van der Waals surface area contributed by atoms with Gasteiger partial charge < -0.3 is 4.98 Å². The molecule has 106 valence electrons. The summed E-state index contributed by atoms with van der Waals surface area (Å²) in [6.45, 7) is 5.86. The summed E-state index contributed by atoms with van der Waals surface area (Å²) in [6, 6.07) is 9.98. The molecule has 0 radical (unpaired) electrons. The molecule has 3 aromatic rings. The minimum absolute atomic E-state index is 0.0973. The maximum absolute atomic E-state index is 13.9. The molecular weight excluding hydrogens is 265 g/mol. The fourth-order valence-corrected chi connectivity index (χ4v) is 2.67. The van der Waals surface area contributed by atoms with Crippen molar-refractivity contribution < 1.29 is 9.18 Å². The largest absolute Gasteiger partial charge is 0.356 e. The number of hydrogen-bond donors (Lipinski definition) is 1. The molecule has 0 bridgehead atoms. The molecule has 1 aromatic heterocycles. The molecule has 0 fully saturated rings. The number of H-pyrrole nitrogens is 1. The Balaban J connectivity index is 2.23. The lowest BCUT2D eigenvalue weighted by Gasteiger charge is -2.07. The summed E-state index contributed by atoms with van der Waals surface area (Å²) < 4.78 is 13.9. The fraction of sp³-hybridized carbons (Fsp3) is 0.167. The Morgan fingerprint density at radius 1 is 0.952 bits per heavy atom. The molecule has 0 amide bonds. The zero-order valence-electron chi connectivity index (χ0n) is 12.3. The van der Waals surface area contributed by atoms with Crippen molar-refractivity contribution in [3.63, 3.8) is 0 Å². The highest BCUT2D eigenvalue weighted by Gasteiger charge is 2.19. The normalized spacial score (nSPS) is 11.0. The van der Waals surface area contributed by atoms with Gasteiger partial charge in [0.25, 0.3) is 0 Å². The summed E-state index contributed by atoms with van der Waals surface area (Å²) in [5, 5.41) is 1.12. The fourth-order valence-electron chi connectivity index (χ4n) is 2.67. The quantitative estimate of drug-likeness (QED) is 0.691. The van der Waals surface area contributed by atoms with Gasteiger partial charge in [0.1, 0.15) is 5.82 Å². The van der Waals surface area contributed by atoms with Crippen LogP contribution in [-0.4, -0.2) is 10.8 Å². The van der Waals surface area contributed by atoms with Gasteiger partial charge in [-0.05, 0) is 49.4 Å². The molecule has 0 spiro atoms. The van der Waals surface area contributed by atoms with Crippen LogP contribution in [-0.2, 0) is 0 Å². The Labute approximate surface area is 122 Å². The van der Waals surface area contributed by atoms with Crippen LogP contribution in [0.25, 0.3) is 10.8 Å². The number of rotatable bonds is 2. The predicted molar refractivity (Wildman–Crippen MR) is 82.3 cm³/mol. The first kappa shape index (κ1) is 13.6. The average Bonchev–Trinajstić information content (AvgIpc) is 2.75. The summed E-state index contributed by atoms with van der Waals surface area (Å²) in [6.07, 6.45) is 0. The van der Waals surface area contributed by atoms with Crippen LogP contribution in [0, 0.1) is 26.6 Å². The highest BCUT2D eigenvalue weighted by molar-refractivity contribution is 6.16. The standard InChI is InChI=1S/C18H16FNO/c1-10-11(2)17(20-12(10)3)18(21)15-8-9-16(19)14-7-5-4-6-13(14)15/h4-9,20H,1-3H3. The van der Waals surface area contributed by atoms with E-state index in [-0.39, 0.29) is 11.6 Å². The van der Waals surface area contributed by atoms with E-state index < -0.39 is 0 Å².